The van der Waals surface area contributed by atoms with Crippen molar-refractivity contribution in [2.24, 2.45) is 0 Å². The van der Waals surface area contributed by atoms with Crippen LogP contribution in [0.3, 0.4) is 0 Å². The fourth-order valence-corrected chi connectivity index (χ4v) is 6.50. The van der Waals surface area contributed by atoms with Gasteiger partial charge in [0.2, 0.25) is 0 Å². The summed E-state index contributed by atoms with van der Waals surface area (Å²) in [6.07, 6.45) is 5.34. The number of carbonyl (C=O) groups is 2. The number of methoxy groups -OCH3 is 1. The summed E-state index contributed by atoms with van der Waals surface area (Å²) in [7, 11) is 4.38. The first-order chi connectivity index (χ1) is 22.3. The van der Waals surface area contributed by atoms with Crippen LogP contribution in [0.4, 0.5) is 5.69 Å². The van der Waals surface area contributed by atoms with Crippen LogP contribution in [0.1, 0.15) is 34.1 Å². The van der Waals surface area contributed by atoms with E-state index >= 15 is 0 Å². The Morgan fingerprint density at radius 2 is 1.72 bits per heavy atom. The third-order valence-corrected chi connectivity index (χ3v) is 9.00. The number of hydrogen-bond acceptors (Lipinski definition) is 7. The average Bonchev–Trinajstić information content (AvgIpc) is 3.51. The number of anilines is 1. The highest BCUT2D eigenvalue weighted by Crippen LogP contribution is 2.31. The molecule has 1 aliphatic heterocycles. The molecule has 0 aromatic heterocycles. The van der Waals surface area contributed by atoms with Gasteiger partial charge in [-0.15, -0.1) is 0 Å². The molecule has 1 N–H and O–H groups in total. The van der Waals surface area contributed by atoms with E-state index in [1.807, 2.05) is 50.2 Å². The third-order valence-electron chi connectivity index (χ3n) is 7.57. The Morgan fingerprint density at radius 1 is 1.00 bits per heavy atom. The molecule has 0 bridgehead atoms. The molecule has 47 heavy (non-hydrogen) atoms. The van der Waals surface area contributed by atoms with Gasteiger partial charge in [0.15, 0.2) is 0 Å². The number of nitrogens with zero attached hydrogens (tertiary/aromatic N) is 3. The average molecular weight is 659 g/mol. The number of allylic oxidation sites excluding steroid dienone is 3. The quantitative estimate of drug-likeness (QED) is 0.208. The van der Waals surface area contributed by atoms with E-state index in [9.17, 15) is 18.0 Å². The first-order valence-corrected chi connectivity index (χ1v) is 16.6. The Hall–Kier alpha value is -5.03. The van der Waals surface area contributed by atoms with Gasteiger partial charge in [-0.2, -0.15) is 0 Å². The molecule has 1 aliphatic rings. The standard InChI is InChI=1S/C36H42N4O6S/c1-8-12-29(46-30-19-20-40(24-30)36(42)31-15-9-10-16-32(31)38(3)4)21-25(2)37-47(43,44)34-23-27(17-18-33(34)45-7)26-13-11-14-28(22-26)35(41)39(5)6/h8-18,21-23,30,37H,2,19-20,24H2,1,3-7H3/b12-8-,29-21+/t30-/m0/s1. The van der Waals surface area contributed by atoms with Crippen LogP contribution in [0.15, 0.2) is 108 Å². The molecule has 0 saturated carbocycles. The summed E-state index contributed by atoms with van der Waals surface area (Å²) in [6, 6.07) is 19.3. The predicted molar refractivity (Wildman–Crippen MR) is 185 cm³/mol. The van der Waals surface area contributed by atoms with Gasteiger partial charge in [0.1, 0.15) is 22.5 Å². The van der Waals surface area contributed by atoms with Crippen molar-refractivity contribution in [3.63, 3.8) is 0 Å². The molecule has 3 aromatic carbocycles. The van der Waals surface area contributed by atoms with E-state index in [1.54, 1.807) is 67.5 Å². The number of hydrogen-bond donors (Lipinski definition) is 1. The number of amides is 2. The lowest BCUT2D eigenvalue weighted by Crippen LogP contribution is -2.31. The predicted octanol–water partition coefficient (Wildman–Crippen LogP) is 5.31. The minimum Gasteiger partial charge on any atom is -0.495 e. The Bertz CT molecular complexity index is 1810. The Balaban J connectivity index is 1.51. The molecule has 1 fully saturated rings. The third kappa shape index (κ3) is 8.42. The maximum absolute atomic E-state index is 13.6. The first kappa shape index (κ1) is 34.8. The van der Waals surface area contributed by atoms with Gasteiger partial charge in [-0.25, -0.2) is 8.42 Å². The summed E-state index contributed by atoms with van der Waals surface area (Å²) in [5.41, 5.74) is 3.29. The van der Waals surface area contributed by atoms with Gasteiger partial charge in [-0.05, 0) is 60.5 Å². The van der Waals surface area contributed by atoms with E-state index in [0.717, 1.165) is 5.69 Å². The SMILES string of the molecule is C=C(/C=C(\C=C/C)O[C@H]1CCN(C(=O)c2ccccc2N(C)C)C1)NS(=O)(=O)c1cc(-c2cccc(C(=O)N(C)C)c2)ccc1OC. The molecule has 2 amide bonds. The molecule has 1 atom stereocenters. The van der Waals surface area contributed by atoms with Crippen LogP contribution in [0.2, 0.25) is 0 Å². The number of benzene rings is 3. The number of para-hydroxylation sites is 1. The Labute approximate surface area is 277 Å². The zero-order valence-corrected chi connectivity index (χ0v) is 28.5. The second-order valence-corrected chi connectivity index (χ2v) is 13.2. The van der Waals surface area contributed by atoms with Gasteiger partial charge in [0, 0.05) is 64.2 Å². The molecule has 10 nitrogen and oxygen atoms in total. The highest BCUT2D eigenvalue weighted by atomic mass is 32.2. The zero-order valence-electron chi connectivity index (χ0n) is 27.7. The fraction of sp³-hybridized carbons (Fsp3) is 0.278. The lowest BCUT2D eigenvalue weighted by atomic mass is 10.0. The van der Waals surface area contributed by atoms with Crippen molar-refractivity contribution in [3.05, 3.63) is 114 Å². The van der Waals surface area contributed by atoms with Crippen LogP contribution >= 0.6 is 0 Å². The topological polar surface area (TPSA) is 108 Å². The summed E-state index contributed by atoms with van der Waals surface area (Å²) >= 11 is 0. The van der Waals surface area contributed by atoms with Gasteiger partial charge >= 0.3 is 0 Å². The number of likely N-dealkylation sites (tertiary alicyclic amines) is 1. The number of nitrogens with one attached hydrogen (secondary N) is 1. The lowest BCUT2D eigenvalue weighted by Gasteiger charge is -2.22. The number of rotatable bonds is 12. The second-order valence-electron chi connectivity index (χ2n) is 11.5. The number of carbonyl (C=O) groups excluding carboxylic acids is 2. The molecule has 4 rings (SSSR count). The van der Waals surface area contributed by atoms with Crippen LogP contribution in [0, 0.1) is 0 Å². The maximum Gasteiger partial charge on any atom is 0.265 e. The van der Waals surface area contributed by atoms with Crippen molar-refractivity contribution < 1.29 is 27.5 Å². The van der Waals surface area contributed by atoms with E-state index in [0.29, 0.717) is 47.5 Å². The number of ether oxygens (including phenoxy) is 2. The van der Waals surface area contributed by atoms with E-state index in [2.05, 4.69) is 11.3 Å². The molecule has 0 unspecified atom stereocenters. The second kappa shape index (κ2) is 15.0. The van der Waals surface area contributed by atoms with Crippen molar-refractivity contribution in [2.45, 2.75) is 24.3 Å². The van der Waals surface area contributed by atoms with Crippen molar-refractivity contribution >= 4 is 27.5 Å². The first-order valence-electron chi connectivity index (χ1n) is 15.1. The Kier molecular flexibility index (Phi) is 11.1. The largest absolute Gasteiger partial charge is 0.495 e. The van der Waals surface area contributed by atoms with Crippen molar-refractivity contribution in [2.75, 3.05) is 53.3 Å². The molecule has 1 saturated heterocycles. The molecular weight excluding hydrogens is 616 g/mol. The molecule has 3 aromatic rings. The van der Waals surface area contributed by atoms with Gasteiger partial charge in [-0.3, -0.25) is 14.3 Å². The van der Waals surface area contributed by atoms with Crippen LogP contribution in [0.25, 0.3) is 11.1 Å². The van der Waals surface area contributed by atoms with Gasteiger partial charge in [-0.1, -0.05) is 43.0 Å². The minimum atomic E-state index is -4.15. The van der Waals surface area contributed by atoms with Crippen LogP contribution in [0.5, 0.6) is 5.75 Å². The summed E-state index contributed by atoms with van der Waals surface area (Å²) < 4.78 is 41.4. The van der Waals surface area contributed by atoms with Gasteiger partial charge in [0.05, 0.1) is 19.2 Å². The molecule has 0 aliphatic carbocycles. The van der Waals surface area contributed by atoms with E-state index in [4.69, 9.17) is 9.47 Å². The van der Waals surface area contributed by atoms with E-state index in [1.165, 1.54) is 24.2 Å². The smallest absolute Gasteiger partial charge is 0.265 e. The molecule has 0 spiro atoms. The van der Waals surface area contributed by atoms with Crippen LogP contribution in [-0.2, 0) is 14.8 Å². The highest BCUT2D eigenvalue weighted by Gasteiger charge is 2.30. The highest BCUT2D eigenvalue weighted by molar-refractivity contribution is 7.89. The van der Waals surface area contributed by atoms with Crippen molar-refractivity contribution in [1.82, 2.24) is 14.5 Å². The zero-order chi connectivity index (χ0) is 34.3. The fourth-order valence-electron chi connectivity index (χ4n) is 5.29. The molecule has 0 radical (unpaired) electrons. The summed E-state index contributed by atoms with van der Waals surface area (Å²) in [4.78, 5) is 30.9. The van der Waals surface area contributed by atoms with Crippen LogP contribution < -0.4 is 14.4 Å². The van der Waals surface area contributed by atoms with E-state index < -0.39 is 10.0 Å². The monoisotopic (exact) mass is 658 g/mol. The van der Waals surface area contributed by atoms with Crippen molar-refractivity contribution in [1.29, 1.82) is 0 Å². The minimum absolute atomic E-state index is 0.0682. The number of sulfonamides is 1. The summed E-state index contributed by atoms with van der Waals surface area (Å²) in [6.45, 7) is 6.67. The molecule has 11 heteroatoms. The van der Waals surface area contributed by atoms with Crippen LogP contribution in [-0.4, -0.2) is 84.5 Å². The molecular formula is C36H42N4O6S. The van der Waals surface area contributed by atoms with Crippen molar-refractivity contribution in [3.8, 4) is 16.9 Å². The summed E-state index contributed by atoms with van der Waals surface area (Å²) in [5, 5.41) is 0. The van der Waals surface area contributed by atoms with Gasteiger partial charge < -0.3 is 24.2 Å². The Morgan fingerprint density at radius 3 is 2.40 bits per heavy atom. The normalized spacial score (nSPS) is 15.0. The van der Waals surface area contributed by atoms with E-state index in [-0.39, 0.29) is 34.3 Å². The maximum atomic E-state index is 13.6. The summed E-state index contributed by atoms with van der Waals surface area (Å²) in [5.74, 6) is 0.316. The van der Waals surface area contributed by atoms with Gasteiger partial charge in [0.25, 0.3) is 21.8 Å². The molecule has 248 valence electrons. The lowest BCUT2D eigenvalue weighted by molar-refractivity contribution is 0.0746. The molecule has 1 heterocycles.